The molecule has 9 heteroatoms. The van der Waals surface area contributed by atoms with Gasteiger partial charge in [-0.25, -0.2) is 4.79 Å². The molecule has 2 aromatic carbocycles. The quantitative estimate of drug-likeness (QED) is 0.344. The number of piperidine rings is 1. The number of piperazine rings is 1. The van der Waals surface area contributed by atoms with Crippen LogP contribution < -0.4 is 10.1 Å². The highest BCUT2D eigenvalue weighted by Crippen LogP contribution is 2.39. The molecule has 3 N–H and O–H groups in total. The number of carboxylic acid groups (broad SMARTS) is 1. The van der Waals surface area contributed by atoms with Crippen molar-refractivity contribution in [2.75, 3.05) is 19.6 Å². The number of aliphatic hydroxyl groups is 1. The van der Waals surface area contributed by atoms with E-state index in [9.17, 15) is 19.5 Å². The predicted octanol–water partition coefficient (Wildman–Crippen LogP) is 5.29. The Labute approximate surface area is 254 Å². The number of rotatable bonds is 10. The van der Waals surface area contributed by atoms with Gasteiger partial charge in [0, 0.05) is 32.1 Å². The minimum atomic E-state index is -0.976. The van der Waals surface area contributed by atoms with Crippen LogP contribution in [0.3, 0.4) is 0 Å². The zero-order chi connectivity index (χ0) is 30.6. The highest BCUT2D eigenvalue weighted by molar-refractivity contribution is 6.00. The normalized spacial score (nSPS) is 22.7. The number of hydrogen-bond acceptors (Lipinski definition) is 6. The lowest BCUT2D eigenvalue weighted by Gasteiger charge is -2.53. The number of hydrogen-bond donors (Lipinski definition) is 3. The molecule has 0 radical (unpaired) electrons. The topological polar surface area (TPSA) is 119 Å². The Kier molecular flexibility index (Phi) is 9.42. The zero-order valence-electron chi connectivity index (χ0n) is 25.4. The van der Waals surface area contributed by atoms with Crippen molar-refractivity contribution < 1.29 is 29.3 Å². The molecular formula is C34H45N3O6. The summed E-state index contributed by atoms with van der Waals surface area (Å²) in [5.41, 5.74) is -0.391. The van der Waals surface area contributed by atoms with Crippen molar-refractivity contribution in [2.24, 2.45) is 0 Å². The standard InChI is InChI=1S/C34H45N3O6/c1-3-4-20-37-30(38)29(23-33(42)16-6-5-7-17-33)35-32(41)34(37)18-21-36(22-19-34)24(2)25-8-12-27(13-9-25)43-28-14-10-26(11-15-28)31(39)40/h8-15,24,29,42H,3-7,16-23H2,1-2H3,(H,35,41)(H,39,40)/t24?,29-/m1/s1. The van der Waals surface area contributed by atoms with Crippen LogP contribution in [0.2, 0.25) is 0 Å². The van der Waals surface area contributed by atoms with E-state index in [1.54, 1.807) is 12.1 Å². The lowest BCUT2D eigenvalue weighted by molar-refractivity contribution is -0.164. The third-order valence-corrected chi connectivity index (χ3v) is 9.78. The number of amides is 2. The average molecular weight is 592 g/mol. The van der Waals surface area contributed by atoms with E-state index in [1.165, 1.54) is 12.1 Å². The Morgan fingerprint density at radius 2 is 1.58 bits per heavy atom. The number of unbranched alkanes of at least 4 members (excludes halogenated alkanes) is 1. The van der Waals surface area contributed by atoms with Crippen LogP contribution in [0.15, 0.2) is 48.5 Å². The highest BCUT2D eigenvalue weighted by Gasteiger charge is 2.54. The maximum absolute atomic E-state index is 13.9. The number of nitrogens with zero attached hydrogens (tertiary/aromatic N) is 2. The summed E-state index contributed by atoms with van der Waals surface area (Å²) in [6.45, 7) is 6.19. The molecule has 1 aliphatic carbocycles. The predicted molar refractivity (Wildman–Crippen MR) is 163 cm³/mol. The van der Waals surface area contributed by atoms with Crippen LogP contribution in [0, 0.1) is 0 Å². The Balaban J connectivity index is 1.23. The summed E-state index contributed by atoms with van der Waals surface area (Å²) in [6, 6.07) is 13.6. The number of carbonyl (C=O) groups excluding carboxylic acids is 2. The Bertz CT molecular complexity index is 1280. The summed E-state index contributed by atoms with van der Waals surface area (Å²) in [7, 11) is 0. The lowest BCUT2D eigenvalue weighted by atomic mass is 9.77. The minimum Gasteiger partial charge on any atom is -0.478 e. The number of benzene rings is 2. The number of likely N-dealkylation sites (tertiary alicyclic amines) is 1. The second-order valence-corrected chi connectivity index (χ2v) is 12.6. The first kappa shape index (κ1) is 31.0. The molecule has 1 spiro atoms. The van der Waals surface area contributed by atoms with Gasteiger partial charge >= 0.3 is 5.97 Å². The molecule has 0 bridgehead atoms. The Hall–Kier alpha value is -3.43. The van der Waals surface area contributed by atoms with E-state index in [0.29, 0.717) is 63.2 Å². The van der Waals surface area contributed by atoms with Gasteiger partial charge in [-0.05, 0) is 81.0 Å². The van der Waals surface area contributed by atoms with E-state index in [4.69, 9.17) is 9.84 Å². The molecular weight excluding hydrogens is 546 g/mol. The van der Waals surface area contributed by atoms with Crippen LogP contribution in [0.1, 0.15) is 100 Å². The monoisotopic (exact) mass is 591 g/mol. The molecule has 1 unspecified atom stereocenters. The van der Waals surface area contributed by atoms with Crippen molar-refractivity contribution >= 4 is 17.8 Å². The molecule has 2 amide bonds. The van der Waals surface area contributed by atoms with Gasteiger partial charge < -0.3 is 25.2 Å². The first-order valence-corrected chi connectivity index (χ1v) is 15.8. The molecule has 3 aliphatic rings. The summed E-state index contributed by atoms with van der Waals surface area (Å²) < 4.78 is 5.89. The van der Waals surface area contributed by atoms with Crippen molar-refractivity contribution in [3.63, 3.8) is 0 Å². The number of aromatic carboxylic acids is 1. The molecule has 2 aliphatic heterocycles. The molecule has 2 atom stereocenters. The van der Waals surface area contributed by atoms with E-state index in [2.05, 4.69) is 24.1 Å². The van der Waals surface area contributed by atoms with E-state index >= 15 is 0 Å². The molecule has 2 aromatic rings. The Morgan fingerprint density at radius 1 is 0.977 bits per heavy atom. The van der Waals surface area contributed by atoms with Crippen molar-refractivity contribution in [3.8, 4) is 11.5 Å². The van der Waals surface area contributed by atoms with Gasteiger partial charge in [-0.15, -0.1) is 0 Å². The van der Waals surface area contributed by atoms with Crippen molar-refractivity contribution in [1.29, 1.82) is 0 Å². The van der Waals surface area contributed by atoms with Gasteiger partial charge in [-0.3, -0.25) is 14.5 Å². The van der Waals surface area contributed by atoms with Crippen molar-refractivity contribution in [1.82, 2.24) is 15.1 Å². The molecule has 1 saturated carbocycles. The van der Waals surface area contributed by atoms with Crippen molar-refractivity contribution in [3.05, 3.63) is 59.7 Å². The SMILES string of the molecule is CCCCN1C(=O)[C@@H](CC2(O)CCCCC2)NC(=O)C12CCN(C(C)c1ccc(Oc3ccc(C(=O)O)cc3)cc1)CC2. The molecule has 5 rings (SSSR count). The third kappa shape index (κ3) is 6.73. The van der Waals surface area contributed by atoms with Crippen LogP contribution in [0.5, 0.6) is 11.5 Å². The van der Waals surface area contributed by atoms with Gasteiger partial charge in [-0.2, -0.15) is 0 Å². The summed E-state index contributed by atoms with van der Waals surface area (Å²) >= 11 is 0. The zero-order valence-corrected chi connectivity index (χ0v) is 25.4. The first-order valence-electron chi connectivity index (χ1n) is 15.8. The minimum absolute atomic E-state index is 0.0401. The van der Waals surface area contributed by atoms with Crippen LogP contribution >= 0.6 is 0 Å². The fourth-order valence-electron chi connectivity index (χ4n) is 7.05. The van der Waals surface area contributed by atoms with Crippen LogP contribution in [-0.2, 0) is 9.59 Å². The largest absolute Gasteiger partial charge is 0.478 e. The van der Waals surface area contributed by atoms with Crippen LogP contribution in [0.4, 0.5) is 0 Å². The molecule has 2 saturated heterocycles. The van der Waals surface area contributed by atoms with Gasteiger partial charge in [0.25, 0.3) is 0 Å². The second kappa shape index (κ2) is 13.1. The van der Waals surface area contributed by atoms with Crippen LogP contribution in [0.25, 0.3) is 0 Å². The summed E-state index contributed by atoms with van der Waals surface area (Å²) in [6.07, 6.45) is 7.62. The Morgan fingerprint density at radius 3 is 2.16 bits per heavy atom. The fourth-order valence-corrected chi connectivity index (χ4v) is 7.05. The van der Waals surface area contributed by atoms with E-state index in [1.807, 2.05) is 29.2 Å². The van der Waals surface area contributed by atoms with Crippen LogP contribution in [-0.4, -0.2) is 74.6 Å². The molecule has 3 fully saturated rings. The van der Waals surface area contributed by atoms with Crippen molar-refractivity contribution in [2.45, 2.75) is 101 Å². The average Bonchev–Trinajstić information content (AvgIpc) is 3.01. The molecule has 9 nitrogen and oxygen atoms in total. The number of ether oxygens (including phenoxy) is 1. The highest BCUT2D eigenvalue weighted by atomic mass is 16.5. The number of nitrogens with one attached hydrogen (secondary N) is 1. The first-order chi connectivity index (χ1) is 20.6. The smallest absolute Gasteiger partial charge is 0.335 e. The van der Waals surface area contributed by atoms with E-state index in [-0.39, 0.29) is 23.4 Å². The number of carboxylic acids is 1. The molecule has 0 aromatic heterocycles. The number of carbonyl (C=O) groups is 3. The fraction of sp³-hybridized carbons (Fsp3) is 0.559. The van der Waals surface area contributed by atoms with E-state index in [0.717, 1.165) is 37.7 Å². The lowest BCUT2D eigenvalue weighted by Crippen LogP contribution is -2.73. The van der Waals surface area contributed by atoms with Gasteiger partial charge in [0.1, 0.15) is 23.1 Å². The van der Waals surface area contributed by atoms with Gasteiger partial charge in [0.2, 0.25) is 11.8 Å². The third-order valence-electron chi connectivity index (χ3n) is 9.78. The maximum atomic E-state index is 13.9. The van der Waals surface area contributed by atoms with Gasteiger partial charge in [0.15, 0.2) is 0 Å². The maximum Gasteiger partial charge on any atom is 0.335 e. The summed E-state index contributed by atoms with van der Waals surface area (Å²) in [4.78, 5) is 42.9. The summed E-state index contributed by atoms with van der Waals surface area (Å²) in [5.74, 6) is 0.138. The molecule has 2 heterocycles. The second-order valence-electron chi connectivity index (χ2n) is 12.6. The molecule has 232 valence electrons. The molecule has 43 heavy (non-hydrogen) atoms. The van der Waals surface area contributed by atoms with E-state index < -0.39 is 23.2 Å². The summed E-state index contributed by atoms with van der Waals surface area (Å²) in [5, 5.41) is 23.3. The van der Waals surface area contributed by atoms with Gasteiger partial charge in [0.05, 0.1) is 11.2 Å². The van der Waals surface area contributed by atoms with Gasteiger partial charge in [-0.1, -0.05) is 44.7 Å².